The quantitative estimate of drug-likeness (QED) is 0.572. The van der Waals surface area contributed by atoms with Crippen LogP contribution in [-0.4, -0.2) is 30.9 Å². The molecule has 1 saturated heterocycles. The molecule has 5 nitrogen and oxygen atoms in total. The Morgan fingerprint density at radius 2 is 1.79 bits per heavy atom. The van der Waals surface area contributed by atoms with Gasteiger partial charge in [0.05, 0.1) is 0 Å². The van der Waals surface area contributed by atoms with Gasteiger partial charge in [0.25, 0.3) is 0 Å². The average molecular weight is 408 g/mol. The minimum atomic E-state index is 0.207. The van der Waals surface area contributed by atoms with E-state index in [0.29, 0.717) is 0 Å². The van der Waals surface area contributed by atoms with E-state index in [0.717, 1.165) is 28.9 Å². The first kappa shape index (κ1) is 20.0. The molecule has 6 heteroatoms. The molecule has 0 spiro atoms. The van der Waals surface area contributed by atoms with Crippen LogP contribution in [0.3, 0.4) is 0 Å². The Labute approximate surface area is 177 Å². The highest BCUT2D eigenvalue weighted by Crippen LogP contribution is 2.39. The van der Waals surface area contributed by atoms with Gasteiger partial charge in [0.2, 0.25) is 0 Å². The maximum atomic E-state index is 4.65. The maximum Gasteiger partial charge on any atom is 0.141 e. The molecule has 0 aliphatic carbocycles. The van der Waals surface area contributed by atoms with E-state index in [2.05, 4.69) is 58.9 Å². The molecule has 152 valence electrons. The lowest BCUT2D eigenvalue weighted by Crippen LogP contribution is -2.57. The van der Waals surface area contributed by atoms with Gasteiger partial charge in [0.15, 0.2) is 0 Å². The van der Waals surface area contributed by atoms with Crippen molar-refractivity contribution in [3.8, 4) is 10.7 Å². The van der Waals surface area contributed by atoms with Gasteiger partial charge in [0.1, 0.15) is 22.3 Å². The van der Waals surface area contributed by atoms with Crippen molar-refractivity contribution in [2.24, 2.45) is 0 Å². The summed E-state index contributed by atoms with van der Waals surface area (Å²) in [5, 5.41) is 6.19. The van der Waals surface area contributed by atoms with Gasteiger partial charge in [0, 0.05) is 35.4 Å². The lowest BCUT2D eigenvalue weighted by atomic mass is 9.79. The summed E-state index contributed by atoms with van der Waals surface area (Å²) in [4.78, 5) is 16.3. The van der Waals surface area contributed by atoms with Crippen molar-refractivity contribution in [3.63, 3.8) is 0 Å². The molecular weight excluding hydrogens is 378 g/mol. The molecule has 1 aliphatic heterocycles. The van der Waals surface area contributed by atoms with E-state index in [4.69, 9.17) is 0 Å². The lowest BCUT2D eigenvalue weighted by Gasteiger charge is -2.53. The number of piperidine rings is 1. The van der Waals surface area contributed by atoms with Crippen molar-refractivity contribution in [2.45, 2.75) is 64.6 Å². The van der Waals surface area contributed by atoms with Crippen LogP contribution in [0.25, 0.3) is 10.7 Å². The topological polar surface area (TPSA) is 53.9 Å². The number of hydrogen-bond donors (Lipinski definition) is 1. The third-order valence-electron chi connectivity index (χ3n) is 5.86. The number of aromatic nitrogens is 3. The predicted octanol–water partition coefficient (Wildman–Crippen LogP) is 5.89. The number of likely N-dealkylation sites (tertiary alicyclic amines) is 1. The van der Waals surface area contributed by atoms with Crippen LogP contribution in [0.1, 0.15) is 52.5 Å². The van der Waals surface area contributed by atoms with Gasteiger partial charge in [-0.3, -0.25) is 4.90 Å². The summed E-state index contributed by atoms with van der Waals surface area (Å²) in [6, 6.07) is 10.1. The van der Waals surface area contributed by atoms with E-state index in [9.17, 15) is 0 Å². The lowest BCUT2D eigenvalue weighted by molar-refractivity contribution is -0.0341. The second kappa shape index (κ2) is 7.84. The van der Waals surface area contributed by atoms with E-state index >= 15 is 0 Å². The molecule has 3 aromatic rings. The largest absolute Gasteiger partial charge is 0.325 e. The zero-order valence-corrected chi connectivity index (χ0v) is 18.5. The molecule has 0 unspecified atom stereocenters. The van der Waals surface area contributed by atoms with E-state index in [-0.39, 0.29) is 11.1 Å². The number of pyridine rings is 2. The summed E-state index contributed by atoms with van der Waals surface area (Å²) in [6.45, 7) is 10.4. The Hall–Kier alpha value is -2.31. The second-order valence-corrected chi connectivity index (χ2v) is 9.88. The van der Waals surface area contributed by atoms with E-state index in [1.807, 2.05) is 35.8 Å². The van der Waals surface area contributed by atoms with Crippen LogP contribution in [0.5, 0.6) is 0 Å². The molecule has 29 heavy (non-hydrogen) atoms. The van der Waals surface area contributed by atoms with Gasteiger partial charge in [-0.2, -0.15) is 0 Å². The summed E-state index contributed by atoms with van der Waals surface area (Å²) >= 11 is 1.59. The van der Waals surface area contributed by atoms with Gasteiger partial charge in [-0.25, -0.2) is 15.0 Å². The normalized spacial score (nSPS) is 18.5. The number of nitrogens with one attached hydrogen (secondary N) is 1. The molecule has 4 rings (SSSR count). The Morgan fingerprint density at radius 1 is 1.00 bits per heavy atom. The van der Waals surface area contributed by atoms with Crippen molar-refractivity contribution in [2.75, 3.05) is 5.32 Å². The first-order valence-corrected chi connectivity index (χ1v) is 11.1. The summed E-state index contributed by atoms with van der Waals surface area (Å²) < 4.78 is 0. The molecule has 0 aromatic carbocycles. The standard InChI is InChI=1S/C23H29N5S/c1-22(2)11-6-12-23(3,4)28(22)16-17-9-10-19(25-15-17)27-20-8-5-7-18(26-20)21-24-13-14-29-21/h5,7-10,13-15H,6,11-12,16H2,1-4H3,(H,25,26,27). The summed E-state index contributed by atoms with van der Waals surface area (Å²) in [5.74, 6) is 1.57. The van der Waals surface area contributed by atoms with E-state index in [1.165, 1.54) is 24.8 Å². The first-order chi connectivity index (χ1) is 13.8. The van der Waals surface area contributed by atoms with Crippen LogP contribution in [0.4, 0.5) is 11.6 Å². The van der Waals surface area contributed by atoms with Gasteiger partial charge >= 0.3 is 0 Å². The zero-order valence-electron chi connectivity index (χ0n) is 17.6. The van der Waals surface area contributed by atoms with Gasteiger partial charge < -0.3 is 5.32 Å². The molecule has 1 aliphatic rings. The molecule has 4 heterocycles. The molecule has 1 N–H and O–H groups in total. The van der Waals surface area contributed by atoms with Crippen LogP contribution < -0.4 is 5.32 Å². The van der Waals surface area contributed by atoms with Crippen molar-refractivity contribution in [1.29, 1.82) is 0 Å². The highest BCUT2D eigenvalue weighted by Gasteiger charge is 2.40. The van der Waals surface area contributed by atoms with E-state index < -0.39 is 0 Å². The molecule has 0 amide bonds. The molecular formula is C23H29N5S. The SMILES string of the molecule is CC1(C)CCCC(C)(C)N1Cc1ccc(Nc2cccc(-c3nccs3)n2)nc1. The fraction of sp³-hybridized carbons (Fsp3) is 0.435. The fourth-order valence-electron chi connectivity index (χ4n) is 4.35. The Bertz CT molecular complexity index is 932. The monoisotopic (exact) mass is 407 g/mol. The molecule has 0 bridgehead atoms. The fourth-order valence-corrected chi connectivity index (χ4v) is 4.96. The Morgan fingerprint density at radius 3 is 2.45 bits per heavy atom. The average Bonchev–Trinajstić information content (AvgIpc) is 3.21. The molecule has 3 aromatic heterocycles. The smallest absolute Gasteiger partial charge is 0.141 e. The van der Waals surface area contributed by atoms with Crippen LogP contribution in [-0.2, 0) is 6.54 Å². The van der Waals surface area contributed by atoms with Crippen molar-refractivity contribution in [3.05, 3.63) is 53.7 Å². The zero-order chi connectivity index (χ0) is 20.5. The Balaban J connectivity index is 1.47. The van der Waals surface area contributed by atoms with Gasteiger partial charge in [-0.05, 0) is 70.7 Å². The predicted molar refractivity (Wildman–Crippen MR) is 120 cm³/mol. The number of thiazole rings is 1. The summed E-state index contributed by atoms with van der Waals surface area (Å²) in [6.07, 6.45) is 7.56. The molecule has 0 atom stereocenters. The summed E-state index contributed by atoms with van der Waals surface area (Å²) in [5.41, 5.74) is 2.52. The van der Waals surface area contributed by atoms with Crippen LogP contribution in [0.15, 0.2) is 48.1 Å². The number of anilines is 2. The van der Waals surface area contributed by atoms with Crippen molar-refractivity contribution < 1.29 is 0 Å². The van der Waals surface area contributed by atoms with Crippen LogP contribution >= 0.6 is 11.3 Å². The van der Waals surface area contributed by atoms with Gasteiger partial charge in [-0.1, -0.05) is 12.1 Å². The summed E-state index contributed by atoms with van der Waals surface area (Å²) in [7, 11) is 0. The Kier molecular flexibility index (Phi) is 5.40. The highest BCUT2D eigenvalue weighted by atomic mass is 32.1. The minimum absolute atomic E-state index is 0.207. The van der Waals surface area contributed by atoms with Crippen LogP contribution in [0, 0.1) is 0 Å². The number of rotatable bonds is 5. The molecule has 0 saturated carbocycles. The molecule has 1 fully saturated rings. The third-order valence-corrected chi connectivity index (χ3v) is 6.66. The third kappa shape index (κ3) is 4.49. The molecule has 0 radical (unpaired) electrons. The van der Waals surface area contributed by atoms with Crippen molar-refractivity contribution >= 4 is 23.0 Å². The highest BCUT2D eigenvalue weighted by molar-refractivity contribution is 7.13. The second-order valence-electron chi connectivity index (χ2n) is 8.99. The first-order valence-electron chi connectivity index (χ1n) is 10.2. The minimum Gasteiger partial charge on any atom is -0.325 e. The number of hydrogen-bond acceptors (Lipinski definition) is 6. The van der Waals surface area contributed by atoms with Crippen molar-refractivity contribution in [1.82, 2.24) is 19.9 Å². The van der Waals surface area contributed by atoms with Gasteiger partial charge in [-0.15, -0.1) is 11.3 Å². The van der Waals surface area contributed by atoms with E-state index in [1.54, 1.807) is 17.5 Å². The maximum absolute atomic E-state index is 4.65. The van der Waals surface area contributed by atoms with Crippen LogP contribution in [0.2, 0.25) is 0 Å². The number of nitrogens with zero attached hydrogens (tertiary/aromatic N) is 4.